The predicted octanol–water partition coefficient (Wildman–Crippen LogP) is 3.67. The van der Waals surface area contributed by atoms with E-state index >= 15 is 0 Å². The number of aromatic nitrogens is 2. The maximum absolute atomic E-state index is 13.3. The molecule has 4 N–H and O–H groups in total. The number of amides is 4. The molecule has 2 aliphatic heterocycles. The molecule has 13 nitrogen and oxygen atoms in total. The molecule has 1 saturated heterocycles. The van der Waals surface area contributed by atoms with Crippen molar-refractivity contribution in [2.75, 3.05) is 63.6 Å². The normalized spacial score (nSPS) is 16.2. The average molecular weight is 707 g/mol. The number of nitrogens with zero attached hydrogens (tertiary/aromatic N) is 4. The van der Waals surface area contributed by atoms with Crippen LogP contribution in [0.3, 0.4) is 0 Å². The number of morpholine rings is 1. The zero-order valence-corrected chi connectivity index (χ0v) is 29.1. The van der Waals surface area contributed by atoms with Crippen LogP contribution in [0, 0.1) is 0 Å². The number of hydrogen-bond acceptors (Lipinski definition) is 9. The minimum Gasteiger partial charge on any atom is -0.379 e. The van der Waals surface area contributed by atoms with Gasteiger partial charge >= 0.3 is 0 Å². The molecule has 5 heterocycles. The van der Waals surface area contributed by atoms with Gasteiger partial charge in [0.2, 0.25) is 0 Å². The van der Waals surface area contributed by atoms with Gasteiger partial charge in [0.05, 0.1) is 29.8 Å². The maximum Gasteiger partial charge on any atom is 0.272 e. The summed E-state index contributed by atoms with van der Waals surface area (Å²) in [6.45, 7) is 4.94. The third-order valence-electron chi connectivity index (χ3n) is 8.96. The number of carbonyl (C=O) groups excluding carboxylic acids is 4. The van der Waals surface area contributed by atoms with Crippen LogP contribution in [0.1, 0.15) is 30.6 Å². The summed E-state index contributed by atoms with van der Waals surface area (Å²) >= 11 is 1.41. The lowest BCUT2D eigenvalue weighted by atomic mass is 10.1. The maximum atomic E-state index is 13.3. The summed E-state index contributed by atoms with van der Waals surface area (Å²) < 4.78 is 7.95. The molecule has 51 heavy (non-hydrogen) atoms. The number of aryl methyl sites for hydroxylation is 1. The zero-order chi connectivity index (χ0) is 35.5. The Kier molecular flexibility index (Phi) is 9.79. The largest absolute Gasteiger partial charge is 0.379 e. The number of hydrogen-bond donors (Lipinski definition) is 4. The second-order valence-electron chi connectivity index (χ2n) is 12.6. The molecule has 0 spiro atoms. The second kappa shape index (κ2) is 14.7. The SMILES string of the molecule is CN1CC(NC(=O)c2cc3ccccc3cn2)C=C1C(=O)Nc1cc(C(=O)Nc2ccc3sc(C(=O)NCCN4CCOCC4)cc3c2)n(C)c1. The van der Waals surface area contributed by atoms with Crippen molar-refractivity contribution < 1.29 is 23.9 Å². The van der Waals surface area contributed by atoms with Crippen LogP contribution in [-0.4, -0.2) is 102 Å². The molecule has 4 amide bonds. The van der Waals surface area contributed by atoms with Crippen molar-refractivity contribution in [1.29, 1.82) is 0 Å². The van der Waals surface area contributed by atoms with Gasteiger partial charge in [0.15, 0.2) is 0 Å². The van der Waals surface area contributed by atoms with Crippen LogP contribution in [-0.2, 0) is 16.6 Å². The quantitative estimate of drug-likeness (QED) is 0.172. The summed E-state index contributed by atoms with van der Waals surface area (Å²) in [5, 5.41) is 14.5. The Hall–Kier alpha value is -5.57. The van der Waals surface area contributed by atoms with Crippen molar-refractivity contribution in [2.45, 2.75) is 6.04 Å². The Morgan fingerprint density at radius 1 is 0.863 bits per heavy atom. The van der Waals surface area contributed by atoms with Gasteiger partial charge in [-0.3, -0.25) is 29.1 Å². The summed E-state index contributed by atoms with van der Waals surface area (Å²) in [5.41, 5.74) is 2.08. The zero-order valence-electron chi connectivity index (χ0n) is 28.3. The number of fused-ring (bicyclic) bond motifs is 2. The van der Waals surface area contributed by atoms with Crippen molar-refractivity contribution in [2.24, 2.45) is 7.05 Å². The van der Waals surface area contributed by atoms with Gasteiger partial charge in [0.25, 0.3) is 23.6 Å². The second-order valence-corrected chi connectivity index (χ2v) is 13.7. The Morgan fingerprint density at radius 2 is 1.65 bits per heavy atom. The predicted molar refractivity (Wildman–Crippen MR) is 197 cm³/mol. The molecule has 7 rings (SSSR count). The molecule has 14 heteroatoms. The number of benzene rings is 2. The first kappa shape index (κ1) is 33.9. The number of rotatable bonds is 10. The standard InChI is InChI=1S/C37H38N8O5S/c1-43-21-27(41-34(46)29-16-23-5-3-4-6-24(23)20-39-29)18-31(43)36(48)42-28-19-30(44(2)22-28)35(47)40-26-7-8-32-25(15-26)17-33(51-32)37(49)38-9-10-45-11-13-50-14-12-45/h3-8,15-20,22,27H,9-14,21H2,1-2H3,(H,38,49)(H,40,47)(H,41,46)(H,42,48). The van der Waals surface area contributed by atoms with Crippen LogP contribution < -0.4 is 21.3 Å². The van der Waals surface area contributed by atoms with Crippen molar-refractivity contribution in [3.63, 3.8) is 0 Å². The highest BCUT2D eigenvalue weighted by Crippen LogP contribution is 2.29. The molecular formula is C37H38N8O5S. The number of anilines is 2. The van der Waals surface area contributed by atoms with Crippen LogP contribution in [0.15, 0.2) is 84.8 Å². The van der Waals surface area contributed by atoms with Crippen LogP contribution >= 0.6 is 11.3 Å². The molecule has 2 aliphatic rings. The first-order valence-electron chi connectivity index (χ1n) is 16.7. The Labute approximate surface area is 298 Å². The summed E-state index contributed by atoms with van der Waals surface area (Å²) in [6.07, 6.45) is 5.05. The number of nitrogens with one attached hydrogen (secondary N) is 4. The lowest BCUT2D eigenvalue weighted by molar-refractivity contribution is -0.114. The molecule has 1 atom stereocenters. The molecule has 1 fully saturated rings. The highest BCUT2D eigenvalue weighted by atomic mass is 32.1. The van der Waals surface area contributed by atoms with Gasteiger partial charge in [-0.15, -0.1) is 11.3 Å². The number of ether oxygens (including phenoxy) is 1. The molecule has 3 aromatic heterocycles. The molecule has 2 aromatic carbocycles. The molecule has 1 unspecified atom stereocenters. The lowest BCUT2D eigenvalue weighted by Crippen LogP contribution is -2.41. The highest BCUT2D eigenvalue weighted by Gasteiger charge is 2.27. The van der Waals surface area contributed by atoms with Gasteiger partial charge in [0.1, 0.15) is 17.1 Å². The Morgan fingerprint density at radius 3 is 2.47 bits per heavy atom. The van der Waals surface area contributed by atoms with Gasteiger partial charge in [-0.25, -0.2) is 0 Å². The molecule has 262 valence electrons. The minimum atomic E-state index is -0.389. The van der Waals surface area contributed by atoms with Crippen LogP contribution in [0.5, 0.6) is 0 Å². The van der Waals surface area contributed by atoms with E-state index in [0.29, 0.717) is 46.4 Å². The van der Waals surface area contributed by atoms with Gasteiger partial charge in [-0.2, -0.15) is 0 Å². The van der Waals surface area contributed by atoms with E-state index in [4.69, 9.17) is 4.74 Å². The van der Waals surface area contributed by atoms with Gasteiger partial charge in [-0.1, -0.05) is 24.3 Å². The Balaban J connectivity index is 0.942. The molecule has 0 radical (unpaired) electrons. The fourth-order valence-corrected chi connectivity index (χ4v) is 7.23. The highest BCUT2D eigenvalue weighted by molar-refractivity contribution is 7.20. The molecule has 0 aliphatic carbocycles. The fraction of sp³-hybridized carbons (Fsp3) is 0.270. The van der Waals surface area contributed by atoms with Crippen LogP contribution in [0.25, 0.3) is 20.9 Å². The van der Waals surface area contributed by atoms with Crippen molar-refractivity contribution in [3.8, 4) is 0 Å². The average Bonchev–Trinajstić information content (AvgIpc) is 3.84. The monoisotopic (exact) mass is 706 g/mol. The number of thiophene rings is 1. The topological polar surface area (TPSA) is 150 Å². The molecule has 5 aromatic rings. The summed E-state index contributed by atoms with van der Waals surface area (Å²) in [7, 11) is 3.51. The number of carbonyl (C=O) groups is 4. The first-order chi connectivity index (χ1) is 24.7. The van der Waals surface area contributed by atoms with Crippen molar-refractivity contribution in [1.82, 2.24) is 30.0 Å². The number of pyridine rings is 1. The summed E-state index contributed by atoms with van der Waals surface area (Å²) in [6, 6.07) is 18.0. The third-order valence-corrected chi connectivity index (χ3v) is 10.1. The molecule has 0 saturated carbocycles. The van der Waals surface area contributed by atoms with E-state index in [0.717, 1.165) is 53.7 Å². The summed E-state index contributed by atoms with van der Waals surface area (Å²) in [5.74, 6) is -1.16. The van der Waals surface area contributed by atoms with Gasteiger partial charge in [0, 0.05) is 75.0 Å². The minimum absolute atomic E-state index is 0.119. The fourth-order valence-electron chi connectivity index (χ4n) is 6.27. The Bertz CT molecular complexity index is 2170. The van der Waals surface area contributed by atoms with Crippen molar-refractivity contribution >= 4 is 67.2 Å². The smallest absolute Gasteiger partial charge is 0.272 e. The van der Waals surface area contributed by atoms with Gasteiger partial charge in [-0.05, 0) is 53.2 Å². The molecular weight excluding hydrogens is 669 g/mol. The van der Waals surface area contributed by atoms with E-state index in [2.05, 4.69) is 31.2 Å². The van der Waals surface area contributed by atoms with E-state index in [1.807, 2.05) is 42.5 Å². The van der Waals surface area contributed by atoms with Crippen LogP contribution in [0.4, 0.5) is 11.4 Å². The van der Waals surface area contributed by atoms with E-state index in [1.165, 1.54) is 11.3 Å². The number of likely N-dealkylation sites (N-methyl/N-ethyl adjacent to an activating group) is 1. The van der Waals surface area contributed by atoms with E-state index < -0.39 is 0 Å². The molecule has 0 bridgehead atoms. The van der Waals surface area contributed by atoms with E-state index in [9.17, 15) is 19.2 Å². The first-order valence-corrected chi connectivity index (χ1v) is 17.5. The lowest BCUT2D eigenvalue weighted by Gasteiger charge is -2.26. The third kappa shape index (κ3) is 7.77. The van der Waals surface area contributed by atoms with Crippen molar-refractivity contribution in [3.05, 3.63) is 101 Å². The van der Waals surface area contributed by atoms with Crippen LogP contribution in [0.2, 0.25) is 0 Å². The summed E-state index contributed by atoms with van der Waals surface area (Å²) in [4.78, 5) is 61.2. The van der Waals surface area contributed by atoms with E-state index in [1.54, 1.807) is 60.2 Å². The van der Waals surface area contributed by atoms with E-state index in [-0.39, 0.29) is 29.7 Å². The van der Waals surface area contributed by atoms with Gasteiger partial charge < -0.3 is 35.5 Å².